The first-order valence-electron chi connectivity index (χ1n) is 5.24. The minimum Gasteiger partial charge on any atom is -0.282 e. The lowest BCUT2D eigenvalue weighted by molar-refractivity contribution is 0.481. The Labute approximate surface area is 125 Å². The van der Waals surface area contributed by atoms with E-state index in [0.717, 1.165) is 12.1 Å². The van der Waals surface area contributed by atoms with Gasteiger partial charge in [-0.2, -0.15) is 21.8 Å². The first-order valence-corrected chi connectivity index (χ1v) is 8.53. The van der Waals surface area contributed by atoms with Crippen LogP contribution in [0.3, 0.4) is 0 Å². The Balaban J connectivity index is 3.10. The quantitative estimate of drug-likeness (QED) is 0.496. The van der Waals surface area contributed by atoms with Gasteiger partial charge in [-0.25, -0.2) is 0 Å². The van der Waals surface area contributed by atoms with E-state index in [-0.39, 0.29) is 16.5 Å². The van der Waals surface area contributed by atoms with Crippen LogP contribution in [0, 0.1) is 0 Å². The Hall–Kier alpha value is -1.68. The lowest BCUT2D eigenvalue weighted by Crippen LogP contribution is -2.03. The number of thiocarbonyl (C=S) groups is 1. The molecular formula is C11H7NO6S3. The molecule has 0 bridgehead atoms. The van der Waals surface area contributed by atoms with E-state index in [4.69, 9.17) is 0 Å². The molecule has 0 heterocycles. The van der Waals surface area contributed by atoms with Crippen molar-refractivity contribution in [2.24, 2.45) is 4.99 Å². The fraction of sp³-hybridized carbons (Fsp3) is 0. The van der Waals surface area contributed by atoms with Crippen molar-refractivity contribution in [2.45, 2.75) is 9.79 Å². The van der Waals surface area contributed by atoms with E-state index in [0.29, 0.717) is 0 Å². The SMILES string of the molecule is O=S(=O)(O)c1cc(N=C=S)cc2c(S(=O)(=O)O)cccc12. The average Bonchev–Trinajstić information content (AvgIpc) is 2.35. The van der Waals surface area contributed by atoms with Gasteiger partial charge < -0.3 is 0 Å². The van der Waals surface area contributed by atoms with E-state index < -0.39 is 30.0 Å². The van der Waals surface area contributed by atoms with Crippen LogP contribution in [0.2, 0.25) is 0 Å². The normalized spacial score (nSPS) is 12.1. The molecule has 0 aliphatic carbocycles. The summed E-state index contributed by atoms with van der Waals surface area (Å²) in [4.78, 5) is 2.51. The molecule has 0 amide bonds. The minimum atomic E-state index is -4.63. The van der Waals surface area contributed by atoms with E-state index in [2.05, 4.69) is 17.2 Å². The van der Waals surface area contributed by atoms with Gasteiger partial charge >= 0.3 is 0 Å². The van der Waals surface area contributed by atoms with Crippen LogP contribution in [0.5, 0.6) is 0 Å². The fourth-order valence-corrected chi connectivity index (χ4v) is 3.39. The number of nitrogens with zero attached hydrogens (tertiary/aromatic N) is 1. The predicted octanol–water partition coefficient (Wildman–Crippen LogP) is 2.07. The first-order chi connectivity index (χ1) is 9.64. The maximum atomic E-state index is 11.4. The van der Waals surface area contributed by atoms with Gasteiger partial charge in [0.05, 0.1) is 10.8 Å². The Bertz CT molecular complexity index is 988. The molecule has 21 heavy (non-hydrogen) atoms. The van der Waals surface area contributed by atoms with E-state index in [1.54, 1.807) is 0 Å². The summed E-state index contributed by atoms with van der Waals surface area (Å²) in [5.74, 6) is 0. The molecule has 0 aliphatic heterocycles. The van der Waals surface area contributed by atoms with E-state index in [1.165, 1.54) is 18.2 Å². The molecule has 0 saturated carbocycles. The molecule has 2 aromatic rings. The highest BCUT2D eigenvalue weighted by Crippen LogP contribution is 2.32. The predicted molar refractivity (Wildman–Crippen MR) is 78.3 cm³/mol. The number of hydrogen-bond acceptors (Lipinski definition) is 6. The van der Waals surface area contributed by atoms with Gasteiger partial charge in [0.1, 0.15) is 9.79 Å². The van der Waals surface area contributed by atoms with Crippen molar-refractivity contribution in [1.82, 2.24) is 0 Å². The van der Waals surface area contributed by atoms with Gasteiger partial charge in [0.2, 0.25) is 0 Å². The summed E-state index contributed by atoms with van der Waals surface area (Å²) in [5.41, 5.74) is -0.0266. The molecule has 0 radical (unpaired) electrons. The van der Waals surface area contributed by atoms with Crippen molar-refractivity contribution in [1.29, 1.82) is 0 Å². The van der Waals surface area contributed by atoms with Crippen molar-refractivity contribution in [3.05, 3.63) is 30.3 Å². The molecule has 2 N–H and O–H groups in total. The number of aliphatic imine (C=N–C) groups is 1. The molecule has 0 aliphatic rings. The summed E-state index contributed by atoms with van der Waals surface area (Å²) in [6.45, 7) is 0. The van der Waals surface area contributed by atoms with Gasteiger partial charge in [-0.15, -0.1) is 0 Å². The zero-order valence-electron chi connectivity index (χ0n) is 10.1. The Morgan fingerprint density at radius 2 is 1.57 bits per heavy atom. The van der Waals surface area contributed by atoms with Crippen molar-refractivity contribution >= 4 is 54.1 Å². The van der Waals surface area contributed by atoms with Crippen LogP contribution in [0.4, 0.5) is 5.69 Å². The third kappa shape index (κ3) is 3.16. The van der Waals surface area contributed by atoms with Crippen LogP contribution in [-0.4, -0.2) is 31.1 Å². The highest BCUT2D eigenvalue weighted by Gasteiger charge is 2.20. The van der Waals surface area contributed by atoms with Gasteiger partial charge in [0.15, 0.2) is 0 Å². The largest absolute Gasteiger partial charge is 0.295 e. The summed E-state index contributed by atoms with van der Waals surface area (Å²) in [5, 5.41) is 1.82. The van der Waals surface area contributed by atoms with E-state index >= 15 is 0 Å². The minimum absolute atomic E-state index is 0.0266. The number of rotatable bonds is 3. The number of hydrogen-bond donors (Lipinski definition) is 2. The molecule has 0 atom stereocenters. The maximum Gasteiger partial charge on any atom is 0.295 e. The zero-order chi connectivity index (χ0) is 15.8. The standard InChI is InChI=1S/C11H7NO6S3/c13-20(14,15)10-3-1-2-8-9(10)4-7(12-6-19)5-11(8)21(16,17)18/h1-5H,(H,13,14,15)(H,16,17,18). The second-order valence-electron chi connectivity index (χ2n) is 3.95. The Kier molecular flexibility index (Phi) is 3.93. The summed E-state index contributed by atoms with van der Waals surface area (Å²) >= 11 is 4.40. The van der Waals surface area contributed by atoms with Gasteiger partial charge in [0, 0.05) is 10.8 Å². The molecule has 0 aromatic heterocycles. The second-order valence-corrected chi connectivity index (χ2v) is 6.91. The zero-order valence-corrected chi connectivity index (χ0v) is 12.5. The van der Waals surface area contributed by atoms with Gasteiger partial charge in [-0.3, -0.25) is 9.11 Å². The topological polar surface area (TPSA) is 121 Å². The van der Waals surface area contributed by atoms with E-state index in [1.807, 2.05) is 5.16 Å². The summed E-state index contributed by atoms with van der Waals surface area (Å²) in [6, 6.07) is 5.85. The smallest absolute Gasteiger partial charge is 0.282 e. The maximum absolute atomic E-state index is 11.4. The van der Waals surface area contributed by atoms with Crippen LogP contribution in [0.1, 0.15) is 0 Å². The molecular weight excluding hydrogens is 338 g/mol. The Morgan fingerprint density at radius 3 is 2.10 bits per heavy atom. The Morgan fingerprint density at radius 1 is 0.952 bits per heavy atom. The number of benzene rings is 2. The molecule has 0 fully saturated rings. The highest BCUT2D eigenvalue weighted by atomic mass is 32.2. The van der Waals surface area contributed by atoms with Crippen LogP contribution in [0.25, 0.3) is 10.8 Å². The molecule has 0 unspecified atom stereocenters. The monoisotopic (exact) mass is 345 g/mol. The molecule has 10 heteroatoms. The summed E-state index contributed by atoms with van der Waals surface area (Å²) < 4.78 is 64.0. The summed E-state index contributed by atoms with van der Waals surface area (Å²) in [7, 11) is -9.22. The molecule has 2 rings (SSSR count). The van der Waals surface area contributed by atoms with Crippen molar-refractivity contribution in [2.75, 3.05) is 0 Å². The van der Waals surface area contributed by atoms with Crippen molar-refractivity contribution < 1.29 is 25.9 Å². The van der Waals surface area contributed by atoms with Gasteiger partial charge in [-0.1, -0.05) is 12.1 Å². The third-order valence-electron chi connectivity index (χ3n) is 2.63. The molecule has 110 valence electrons. The highest BCUT2D eigenvalue weighted by molar-refractivity contribution is 7.86. The summed E-state index contributed by atoms with van der Waals surface area (Å²) in [6.07, 6.45) is 0. The van der Waals surface area contributed by atoms with Crippen molar-refractivity contribution in [3.63, 3.8) is 0 Å². The molecule has 0 spiro atoms. The van der Waals surface area contributed by atoms with Gasteiger partial charge in [0.25, 0.3) is 20.2 Å². The molecule has 7 nitrogen and oxygen atoms in total. The lowest BCUT2D eigenvalue weighted by atomic mass is 10.1. The van der Waals surface area contributed by atoms with E-state index in [9.17, 15) is 25.9 Å². The van der Waals surface area contributed by atoms with Crippen LogP contribution in [0.15, 0.2) is 45.1 Å². The first kappa shape index (κ1) is 15.7. The fourth-order valence-electron chi connectivity index (χ4n) is 1.86. The molecule has 2 aromatic carbocycles. The van der Waals surface area contributed by atoms with Gasteiger partial charge in [-0.05, 0) is 30.4 Å². The average molecular weight is 345 g/mol. The molecule has 0 saturated heterocycles. The van der Waals surface area contributed by atoms with Crippen LogP contribution < -0.4 is 0 Å². The second kappa shape index (κ2) is 5.26. The number of fused-ring (bicyclic) bond motifs is 1. The number of isothiocyanates is 1. The third-order valence-corrected chi connectivity index (χ3v) is 4.53. The lowest BCUT2D eigenvalue weighted by Gasteiger charge is -2.08. The van der Waals surface area contributed by atoms with Crippen LogP contribution >= 0.6 is 12.2 Å². The van der Waals surface area contributed by atoms with Crippen molar-refractivity contribution in [3.8, 4) is 0 Å². The van der Waals surface area contributed by atoms with Crippen LogP contribution in [-0.2, 0) is 20.2 Å².